The van der Waals surface area contributed by atoms with E-state index in [4.69, 9.17) is 4.52 Å². The minimum Gasteiger partial charge on any atom is -0.338 e. The van der Waals surface area contributed by atoms with Crippen LogP contribution in [0.4, 0.5) is 4.39 Å². The standard InChI is InChI=1S/C16H12FN5OS2/c1-22-15(11-4-2-3-5-12(11)17)19-20-16(22)25-9-13-18-14(21-23-13)10-6-7-24-8-10/h2-8H,9H2,1H3. The molecule has 1 aromatic carbocycles. The van der Waals surface area contributed by atoms with Crippen LogP contribution in [0, 0.1) is 5.82 Å². The highest BCUT2D eigenvalue weighted by Crippen LogP contribution is 2.27. The number of nitrogens with zero attached hydrogens (tertiary/aromatic N) is 5. The first-order valence-corrected chi connectivity index (χ1v) is 9.27. The van der Waals surface area contributed by atoms with E-state index in [9.17, 15) is 4.39 Å². The number of hydrogen-bond donors (Lipinski definition) is 0. The van der Waals surface area contributed by atoms with Gasteiger partial charge in [-0.25, -0.2) is 4.39 Å². The van der Waals surface area contributed by atoms with Gasteiger partial charge in [-0.3, -0.25) is 0 Å². The van der Waals surface area contributed by atoms with Crippen molar-refractivity contribution in [3.63, 3.8) is 0 Å². The Morgan fingerprint density at radius 2 is 2.12 bits per heavy atom. The number of thioether (sulfide) groups is 1. The summed E-state index contributed by atoms with van der Waals surface area (Å²) < 4.78 is 20.9. The third-order valence-corrected chi connectivity index (χ3v) is 5.21. The van der Waals surface area contributed by atoms with Crippen molar-refractivity contribution in [2.75, 3.05) is 0 Å². The molecule has 4 rings (SSSR count). The maximum Gasteiger partial charge on any atom is 0.237 e. The van der Waals surface area contributed by atoms with Gasteiger partial charge in [-0.05, 0) is 23.6 Å². The van der Waals surface area contributed by atoms with Crippen LogP contribution in [0.1, 0.15) is 5.89 Å². The molecule has 0 radical (unpaired) electrons. The lowest BCUT2D eigenvalue weighted by Crippen LogP contribution is -1.96. The molecule has 6 nitrogen and oxygen atoms in total. The maximum absolute atomic E-state index is 13.9. The van der Waals surface area contributed by atoms with Gasteiger partial charge in [-0.2, -0.15) is 16.3 Å². The smallest absolute Gasteiger partial charge is 0.237 e. The second-order valence-corrected chi connectivity index (χ2v) is 6.88. The van der Waals surface area contributed by atoms with E-state index < -0.39 is 0 Å². The lowest BCUT2D eigenvalue weighted by Gasteiger charge is -2.03. The summed E-state index contributed by atoms with van der Waals surface area (Å²) in [5.74, 6) is 1.68. The molecule has 3 heterocycles. The van der Waals surface area contributed by atoms with Crippen molar-refractivity contribution < 1.29 is 8.91 Å². The molecule has 0 bridgehead atoms. The van der Waals surface area contributed by atoms with Crippen LogP contribution < -0.4 is 0 Å². The molecule has 0 aliphatic heterocycles. The van der Waals surface area contributed by atoms with Crippen molar-refractivity contribution in [1.82, 2.24) is 24.9 Å². The predicted molar refractivity (Wildman–Crippen MR) is 93.6 cm³/mol. The number of aromatic nitrogens is 5. The van der Waals surface area contributed by atoms with Crippen molar-refractivity contribution in [3.05, 3.63) is 52.8 Å². The number of thiophene rings is 1. The molecule has 0 saturated carbocycles. The van der Waals surface area contributed by atoms with Gasteiger partial charge in [0.25, 0.3) is 0 Å². The van der Waals surface area contributed by atoms with E-state index in [1.807, 2.05) is 16.8 Å². The van der Waals surface area contributed by atoms with Gasteiger partial charge in [0.15, 0.2) is 11.0 Å². The van der Waals surface area contributed by atoms with Crippen LogP contribution in [0.3, 0.4) is 0 Å². The first-order valence-electron chi connectivity index (χ1n) is 7.34. The molecular formula is C16H12FN5OS2. The molecule has 3 aromatic heterocycles. The zero-order valence-corrected chi connectivity index (χ0v) is 14.7. The van der Waals surface area contributed by atoms with Gasteiger partial charge in [0.05, 0.1) is 11.3 Å². The molecule has 25 heavy (non-hydrogen) atoms. The molecule has 0 saturated heterocycles. The van der Waals surface area contributed by atoms with Crippen molar-refractivity contribution >= 4 is 23.1 Å². The van der Waals surface area contributed by atoms with Crippen LogP contribution in [-0.4, -0.2) is 24.9 Å². The molecule has 0 amide bonds. The van der Waals surface area contributed by atoms with Crippen molar-refractivity contribution in [2.45, 2.75) is 10.9 Å². The van der Waals surface area contributed by atoms with Gasteiger partial charge >= 0.3 is 0 Å². The molecule has 4 aromatic rings. The highest BCUT2D eigenvalue weighted by atomic mass is 32.2. The largest absolute Gasteiger partial charge is 0.338 e. The van der Waals surface area contributed by atoms with E-state index in [0.29, 0.717) is 34.0 Å². The summed E-state index contributed by atoms with van der Waals surface area (Å²) in [5.41, 5.74) is 1.35. The number of hydrogen-bond acceptors (Lipinski definition) is 7. The second-order valence-electron chi connectivity index (χ2n) is 5.16. The lowest BCUT2D eigenvalue weighted by atomic mass is 10.2. The fourth-order valence-corrected chi connectivity index (χ4v) is 3.65. The van der Waals surface area contributed by atoms with E-state index in [2.05, 4.69) is 20.3 Å². The average Bonchev–Trinajstić information content (AvgIpc) is 3.35. The molecular weight excluding hydrogens is 361 g/mol. The molecule has 0 aliphatic rings. The van der Waals surface area contributed by atoms with Crippen LogP contribution in [0.15, 0.2) is 50.8 Å². The molecule has 0 spiro atoms. The van der Waals surface area contributed by atoms with Gasteiger partial charge in [0.2, 0.25) is 11.7 Å². The van der Waals surface area contributed by atoms with Crippen molar-refractivity contribution in [3.8, 4) is 22.8 Å². The fourth-order valence-electron chi connectivity index (χ4n) is 2.27. The van der Waals surface area contributed by atoms with E-state index in [0.717, 1.165) is 5.56 Å². The molecule has 0 aliphatic carbocycles. The Bertz CT molecular complexity index is 996. The first kappa shape index (κ1) is 16.0. The summed E-state index contributed by atoms with van der Waals surface area (Å²) in [4.78, 5) is 4.37. The predicted octanol–water partition coefficient (Wildman–Crippen LogP) is 4.03. The third-order valence-electron chi connectivity index (χ3n) is 3.52. The fraction of sp³-hybridized carbons (Fsp3) is 0.125. The SMILES string of the molecule is Cn1c(SCc2nc(-c3ccsc3)no2)nnc1-c1ccccc1F. The number of halogens is 1. The van der Waals surface area contributed by atoms with Crippen LogP contribution in [0.5, 0.6) is 0 Å². The molecule has 0 atom stereocenters. The Labute approximate surface area is 150 Å². The molecule has 126 valence electrons. The normalized spacial score (nSPS) is 11.1. The highest BCUT2D eigenvalue weighted by molar-refractivity contribution is 7.98. The van der Waals surface area contributed by atoms with Crippen LogP contribution >= 0.6 is 23.1 Å². The first-order chi connectivity index (χ1) is 12.2. The molecule has 0 fully saturated rings. The van der Waals surface area contributed by atoms with Crippen LogP contribution in [-0.2, 0) is 12.8 Å². The average molecular weight is 373 g/mol. The Morgan fingerprint density at radius 3 is 2.92 bits per heavy atom. The summed E-state index contributed by atoms with van der Waals surface area (Å²) in [5, 5.41) is 16.8. The van der Waals surface area contributed by atoms with E-state index >= 15 is 0 Å². The topological polar surface area (TPSA) is 69.6 Å². The summed E-state index contributed by atoms with van der Waals surface area (Å²) in [7, 11) is 1.80. The summed E-state index contributed by atoms with van der Waals surface area (Å²) >= 11 is 2.98. The number of benzene rings is 1. The quantitative estimate of drug-likeness (QED) is 0.492. The van der Waals surface area contributed by atoms with Gasteiger partial charge in [-0.15, -0.1) is 10.2 Å². The minimum atomic E-state index is -0.327. The summed E-state index contributed by atoms with van der Waals surface area (Å²) in [6.45, 7) is 0. The van der Waals surface area contributed by atoms with E-state index in [-0.39, 0.29) is 5.82 Å². The Hall–Kier alpha value is -2.52. The minimum absolute atomic E-state index is 0.327. The zero-order chi connectivity index (χ0) is 17.2. The Kier molecular flexibility index (Phi) is 4.33. The lowest BCUT2D eigenvalue weighted by molar-refractivity contribution is 0.391. The van der Waals surface area contributed by atoms with Crippen molar-refractivity contribution in [2.24, 2.45) is 7.05 Å². The van der Waals surface area contributed by atoms with Gasteiger partial charge in [-0.1, -0.05) is 29.1 Å². The molecule has 0 N–H and O–H groups in total. The van der Waals surface area contributed by atoms with Crippen molar-refractivity contribution in [1.29, 1.82) is 0 Å². The van der Waals surface area contributed by atoms with E-state index in [1.54, 1.807) is 41.2 Å². The van der Waals surface area contributed by atoms with Crippen LogP contribution in [0.25, 0.3) is 22.8 Å². The van der Waals surface area contributed by atoms with Gasteiger partial charge in [0, 0.05) is 18.0 Å². The summed E-state index contributed by atoms with van der Waals surface area (Å²) in [6.07, 6.45) is 0. The maximum atomic E-state index is 13.9. The number of rotatable bonds is 5. The highest BCUT2D eigenvalue weighted by Gasteiger charge is 2.16. The van der Waals surface area contributed by atoms with E-state index in [1.165, 1.54) is 17.8 Å². The van der Waals surface area contributed by atoms with Gasteiger partial charge in [0.1, 0.15) is 5.82 Å². The second kappa shape index (κ2) is 6.77. The Morgan fingerprint density at radius 1 is 1.24 bits per heavy atom. The summed E-state index contributed by atoms with van der Waals surface area (Å²) in [6, 6.07) is 8.44. The Balaban J connectivity index is 1.50. The molecule has 0 unspecified atom stereocenters. The van der Waals surface area contributed by atoms with Crippen LogP contribution in [0.2, 0.25) is 0 Å². The zero-order valence-electron chi connectivity index (χ0n) is 13.1. The third kappa shape index (κ3) is 3.20. The molecule has 9 heteroatoms. The monoisotopic (exact) mass is 373 g/mol. The van der Waals surface area contributed by atoms with Gasteiger partial charge < -0.3 is 9.09 Å².